The maximum Gasteiger partial charge on any atom is 0.329 e. The summed E-state index contributed by atoms with van der Waals surface area (Å²) in [5.74, 6) is 0.630. The molecule has 2 aromatic heterocycles. The lowest BCUT2D eigenvalue weighted by molar-refractivity contribution is 0.792. The third-order valence-corrected chi connectivity index (χ3v) is 3.57. The van der Waals surface area contributed by atoms with E-state index in [1.165, 1.54) is 4.57 Å². The molecule has 1 N–H and O–H groups in total. The van der Waals surface area contributed by atoms with Crippen LogP contribution in [-0.4, -0.2) is 33.2 Å². The lowest BCUT2D eigenvalue weighted by atomic mass is 10.2. The SMILES string of the molecule is CN(C)c1nc2c(c(=O)[nH]c(=O)n2C)n1Cc1ccccc1. The average molecular weight is 299 g/mol. The van der Waals surface area contributed by atoms with Gasteiger partial charge in [-0.25, -0.2) is 4.79 Å². The molecule has 0 fully saturated rings. The summed E-state index contributed by atoms with van der Waals surface area (Å²) in [6.07, 6.45) is 0. The molecule has 0 aliphatic rings. The molecule has 0 aliphatic carbocycles. The third-order valence-electron chi connectivity index (χ3n) is 3.57. The summed E-state index contributed by atoms with van der Waals surface area (Å²) in [6, 6.07) is 9.81. The summed E-state index contributed by atoms with van der Waals surface area (Å²) in [7, 11) is 5.31. The summed E-state index contributed by atoms with van der Waals surface area (Å²) in [5.41, 5.74) is 0.947. The highest BCUT2D eigenvalue weighted by Gasteiger charge is 2.18. The van der Waals surface area contributed by atoms with Gasteiger partial charge in [0.15, 0.2) is 11.2 Å². The van der Waals surface area contributed by atoms with E-state index in [0.29, 0.717) is 23.7 Å². The lowest BCUT2D eigenvalue weighted by Gasteiger charge is -2.14. The van der Waals surface area contributed by atoms with Crippen molar-refractivity contribution in [1.82, 2.24) is 19.1 Å². The van der Waals surface area contributed by atoms with Gasteiger partial charge in [-0.3, -0.25) is 18.9 Å². The third kappa shape index (κ3) is 2.20. The number of anilines is 1. The topological polar surface area (TPSA) is 75.9 Å². The van der Waals surface area contributed by atoms with Crippen LogP contribution in [-0.2, 0) is 13.6 Å². The van der Waals surface area contributed by atoms with Crippen molar-refractivity contribution in [3.8, 4) is 0 Å². The zero-order chi connectivity index (χ0) is 15.9. The zero-order valence-corrected chi connectivity index (χ0v) is 12.7. The van der Waals surface area contributed by atoms with E-state index in [2.05, 4.69) is 9.97 Å². The van der Waals surface area contributed by atoms with Crippen LogP contribution in [0.5, 0.6) is 0 Å². The minimum Gasteiger partial charge on any atom is -0.348 e. The van der Waals surface area contributed by atoms with Crippen LogP contribution in [0.4, 0.5) is 5.95 Å². The van der Waals surface area contributed by atoms with Gasteiger partial charge in [-0.2, -0.15) is 4.98 Å². The Balaban J connectivity index is 2.31. The van der Waals surface area contributed by atoms with Gasteiger partial charge in [0, 0.05) is 21.1 Å². The van der Waals surface area contributed by atoms with E-state index in [1.54, 1.807) is 7.05 Å². The Kier molecular flexibility index (Phi) is 3.32. The predicted molar refractivity (Wildman–Crippen MR) is 85.5 cm³/mol. The molecule has 22 heavy (non-hydrogen) atoms. The van der Waals surface area contributed by atoms with Crippen molar-refractivity contribution in [3.63, 3.8) is 0 Å². The minimum absolute atomic E-state index is 0.383. The number of imidazole rings is 1. The van der Waals surface area contributed by atoms with Crippen molar-refractivity contribution in [2.24, 2.45) is 7.05 Å². The van der Waals surface area contributed by atoms with E-state index in [9.17, 15) is 9.59 Å². The quantitative estimate of drug-likeness (QED) is 0.766. The largest absolute Gasteiger partial charge is 0.348 e. The first kappa shape index (κ1) is 14.1. The van der Waals surface area contributed by atoms with E-state index in [-0.39, 0.29) is 0 Å². The van der Waals surface area contributed by atoms with E-state index in [0.717, 1.165) is 5.56 Å². The van der Waals surface area contributed by atoms with Gasteiger partial charge < -0.3 is 4.90 Å². The molecule has 0 bridgehead atoms. The van der Waals surface area contributed by atoms with Crippen LogP contribution >= 0.6 is 0 Å². The smallest absolute Gasteiger partial charge is 0.329 e. The van der Waals surface area contributed by atoms with Gasteiger partial charge in [0.25, 0.3) is 5.56 Å². The summed E-state index contributed by atoms with van der Waals surface area (Å²) < 4.78 is 3.17. The molecule has 0 spiro atoms. The van der Waals surface area contributed by atoms with Gasteiger partial charge in [-0.15, -0.1) is 0 Å². The van der Waals surface area contributed by atoms with E-state index >= 15 is 0 Å². The van der Waals surface area contributed by atoms with Crippen LogP contribution < -0.4 is 16.1 Å². The maximum atomic E-state index is 12.3. The molecule has 0 saturated carbocycles. The molecule has 0 aliphatic heterocycles. The molecule has 7 nitrogen and oxygen atoms in total. The van der Waals surface area contributed by atoms with Crippen LogP contribution in [0.25, 0.3) is 11.2 Å². The van der Waals surface area contributed by atoms with Gasteiger partial charge in [-0.05, 0) is 5.56 Å². The Hall–Kier alpha value is -2.83. The molecule has 114 valence electrons. The molecule has 0 saturated heterocycles. The first-order chi connectivity index (χ1) is 10.5. The number of aromatic amines is 1. The summed E-state index contributed by atoms with van der Waals surface area (Å²) >= 11 is 0. The number of benzene rings is 1. The highest BCUT2D eigenvalue weighted by atomic mass is 16.2. The Morgan fingerprint density at radius 2 is 1.86 bits per heavy atom. The molecule has 0 atom stereocenters. The van der Waals surface area contributed by atoms with E-state index in [1.807, 2.05) is 53.9 Å². The van der Waals surface area contributed by atoms with Crippen LogP contribution in [0.2, 0.25) is 0 Å². The molecule has 0 unspecified atom stereocenters. The standard InChI is InChI=1S/C15H17N5O2/c1-18(2)14-16-12-11(13(21)17-15(22)19(12)3)20(14)9-10-7-5-4-6-8-10/h4-8H,9H2,1-3H3,(H,17,21,22). The fraction of sp³-hybridized carbons (Fsp3) is 0.267. The number of rotatable bonds is 3. The highest BCUT2D eigenvalue weighted by molar-refractivity contribution is 5.74. The number of nitrogens with zero attached hydrogens (tertiary/aromatic N) is 4. The second-order valence-electron chi connectivity index (χ2n) is 5.37. The second-order valence-corrected chi connectivity index (χ2v) is 5.37. The number of hydrogen-bond acceptors (Lipinski definition) is 4. The Morgan fingerprint density at radius 1 is 1.18 bits per heavy atom. The zero-order valence-electron chi connectivity index (χ0n) is 12.7. The number of fused-ring (bicyclic) bond motifs is 1. The van der Waals surface area contributed by atoms with E-state index in [4.69, 9.17) is 0 Å². The number of aromatic nitrogens is 4. The monoisotopic (exact) mass is 299 g/mol. The molecular formula is C15H17N5O2. The van der Waals surface area contributed by atoms with Crippen molar-refractivity contribution in [3.05, 3.63) is 56.7 Å². The van der Waals surface area contributed by atoms with Crippen molar-refractivity contribution in [1.29, 1.82) is 0 Å². The Labute approximate surface area is 126 Å². The van der Waals surface area contributed by atoms with Crippen LogP contribution in [0, 0.1) is 0 Å². The minimum atomic E-state index is -0.466. The molecule has 3 rings (SSSR count). The summed E-state index contributed by atoms with van der Waals surface area (Å²) in [5, 5.41) is 0. The van der Waals surface area contributed by atoms with Gasteiger partial charge in [-0.1, -0.05) is 30.3 Å². The van der Waals surface area contributed by atoms with Crippen molar-refractivity contribution in [2.45, 2.75) is 6.54 Å². The normalized spacial score (nSPS) is 11.0. The predicted octanol–water partition coefficient (Wildman–Crippen LogP) is 0.538. The Bertz CT molecular complexity index is 934. The molecule has 3 aromatic rings. The van der Waals surface area contributed by atoms with Crippen LogP contribution in [0.15, 0.2) is 39.9 Å². The van der Waals surface area contributed by atoms with Gasteiger partial charge in [0.2, 0.25) is 5.95 Å². The number of nitrogens with one attached hydrogen (secondary N) is 1. The molecular weight excluding hydrogens is 282 g/mol. The highest BCUT2D eigenvalue weighted by Crippen LogP contribution is 2.19. The fourth-order valence-corrected chi connectivity index (χ4v) is 2.48. The first-order valence-electron chi connectivity index (χ1n) is 6.90. The summed E-state index contributed by atoms with van der Waals surface area (Å²) in [4.78, 5) is 32.6. The van der Waals surface area contributed by atoms with Crippen molar-refractivity contribution < 1.29 is 0 Å². The molecule has 0 amide bonds. The molecule has 1 aromatic carbocycles. The fourth-order valence-electron chi connectivity index (χ4n) is 2.48. The maximum absolute atomic E-state index is 12.3. The van der Waals surface area contributed by atoms with Gasteiger partial charge in [0.1, 0.15) is 0 Å². The average Bonchev–Trinajstić information content (AvgIpc) is 2.86. The first-order valence-corrected chi connectivity index (χ1v) is 6.90. The van der Waals surface area contributed by atoms with Crippen molar-refractivity contribution >= 4 is 17.1 Å². The van der Waals surface area contributed by atoms with Crippen LogP contribution in [0.1, 0.15) is 5.56 Å². The second kappa shape index (κ2) is 5.18. The molecule has 7 heteroatoms. The number of aryl methyl sites for hydroxylation is 1. The molecule has 0 radical (unpaired) electrons. The van der Waals surface area contributed by atoms with E-state index < -0.39 is 11.2 Å². The number of hydrogen-bond donors (Lipinski definition) is 1. The van der Waals surface area contributed by atoms with Gasteiger partial charge >= 0.3 is 5.69 Å². The van der Waals surface area contributed by atoms with Crippen molar-refractivity contribution in [2.75, 3.05) is 19.0 Å². The lowest BCUT2D eigenvalue weighted by Crippen LogP contribution is -2.29. The van der Waals surface area contributed by atoms with Crippen LogP contribution in [0.3, 0.4) is 0 Å². The number of H-pyrrole nitrogens is 1. The molecule has 2 heterocycles. The van der Waals surface area contributed by atoms with Gasteiger partial charge in [0.05, 0.1) is 6.54 Å². The summed E-state index contributed by atoms with van der Waals surface area (Å²) in [6.45, 7) is 0.506. The Morgan fingerprint density at radius 3 is 2.50 bits per heavy atom.